The van der Waals surface area contributed by atoms with E-state index in [-0.39, 0.29) is 6.03 Å². The van der Waals surface area contributed by atoms with Crippen molar-refractivity contribution in [2.24, 2.45) is 5.92 Å². The van der Waals surface area contributed by atoms with Crippen molar-refractivity contribution in [1.82, 2.24) is 5.32 Å². The summed E-state index contributed by atoms with van der Waals surface area (Å²) in [6, 6.07) is 7.65. The van der Waals surface area contributed by atoms with Crippen LogP contribution in [0, 0.1) is 5.92 Å². The van der Waals surface area contributed by atoms with Crippen LogP contribution in [0.25, 0.3) is 0 Å². The minimum absolute atomic E-state index is 0.208. The molecule has 0 unspecified atom stereocenters. The number of anilines is 1. The van der Waals surface area contributed by atoms with Crippen LogP contribution < -0.4 is 10.6 Å². The van der Waals surface area contributed by atoms with Gasteiger partial charge in [0.15, 0.2) is 0 Å². The van der Waals surface area contributed by atoms with E-state index in [4.69, 9.17) is 0 Å². The van der Waals surface area contributed by atoms with E-state index in [2.05, 4.69) is 38.3 Å². The number of urea groups is 1. The Morgan fingerprint density at radius 3 is 2.44 bits per heavy atom. The Hall–Kier alpha value is -1.77. The molecular formula is C15H22N2O. The molecule has 98 valence electrons. The summed E-state index contributed by atoms with van der Waals surface area (Å²) in [6.45, 7) is 8.34. The number of benzene rings is 1. The lowest BCUT2D eigenvalue weighted by molar-refractivity contribution is 0.255. The van der Waals surface area contributed by atoms with Gasteiger partial charge in [-0.2, -0.15) is 0 Å². The highest BCUT2D eigenvalue weighted by atomic mass is 16.2. The van der Waals surface area contributed by atoms with Crippen molar-refractivity contribution >= 4 is 11.7 Å². The molecule has 0 fully saturated rings. The number of carbonyl (C=O) groups excluding carboxylic acids is 1. The normalized spacial score (nSPS) is 11.2. The largest absolute Gasteiger partial charge is 0.323 e. The number of allylic oxidation sites excluding steroid dienone is 1. The molecule has 0 atom stereocenters. The highest BCUT2D eigenvalue weighted by Gasteiger charge is 2.07. The lowest BCUT2D eigenvalue weighted by Crippen LogP contribution is -2.24. The highest BCUT2D eigenvalue weighted by molar-refractivity contribution is 5.90. The van der Waals surface area contributed by atoms with Gasteiger partial charge < -0.3 is 10.6 Å². The molecule has 0 radical (unpaired) electrons. The van der Waals surface area contributed by atoms with Gasteiger partial charge in [-0.15, -0.1) is 0 Å². The molecular weight excluding hydrogens is 224 g/mol. The molecule has 2 amide bonds. The molecule has 0 aromatic heterocycles. The first-order chi connectivity index (χ1) is 8.50. The van der Waals surface area contributed by atoms with Gasteiger partial charge in [0.2, 0.25) is 0 Å². The zero-order valence-electron chi connectivity index (χ0n) is 11.5. The van der Waals surface area contributed by atoms with Gasteiger partial charge in [-0.1, -0.05) is 52.0 Å². The van der Waals surface area contributed by atoms with Gasteiger partial charge in [0, 0.05) is 11.9 Å². The number of carbonyl (C=O) groups is 1. The molecule has 0 saturated carbocycles. The molecule has 0 spiro atoms. The van der Waals surface area contributed by atoms with Crippen molar-refractivity contribution in [3.8, 4) is 0 Å². The van der Waals surface area contributed by atoms with Crippen LogP contribution in [0.2, 0.25) is 0 Å². The minimum Gasteiger partial charge on any atom is -0.315 e. The molecule has 0 bridgehead atoms. The molecule has 3 heteroatoms. The Balaban J connectivity index is 2.65. The summed E-state index contributed by atoms with van der Waals surface area (Å²) in [6.07, 6.45) is 3.62. The fraction of sp³-hybridized carbons (Fsp3) is 0.400. The molecule has 0 heterocycles. The van der Waals surface area contributed by atoms with E-state index in [0.29, 0.717) is 11.8 Å². The molecule has 0 saturated heterocycles. The second-order valence-corrected chi connectivity index (χ2v) is 4.94. The topological polar surface area (TPSA) is 41.1 Å². The number of hydrogen-bond donors (Lipinski definition) is 2. The van der Waals surface area contributed by atoms with E-state index in [1.54, 1.807) is 6.20 Å². The maximum atomic E-state index is 11.7. The molecule has 18 heavy (non-hydrogen) atoms. The van der Waals surface area contributed by atoms with Crippen LogP contribution in [-0.4, -0.2) is 6.03 Å². The zero-order chi connectivity index (χ0) is 13.5. The van der Waals surface area contributed by atoms with E-state index < -0.39 is 0 Å². The van der Waals surface area contributed by atoms with E-state index >= 15 is 0 Å². The summed E-state index contributed by atoms with van der Waals surface area (Å²) in [5.41, 5.74) is 2.00. The van der Waals surface area contributed by atoms with E-state index in [1.165, 1.54) is 0 Å². The van der Waals surface area contributed by atoms with Crippen molar-refractivity contribution in [2.45, 2.75) is 33.6 Å². The molecule has 1 rings (SSSR count). The zero-order valence-corrected chi connectivity index (χ0v) is 11.5. The van der Waals surface area contributed by atoms with Gasteiger partial charge in [0.1, 0.15) is 0 Å². The predicted molar refractivity (Wildman–Crippen MR) is 76.7 cm³/mol. The van der Waals surface area contributed by atoms with Gasteiger partial charge in [-0.3, -0.25) is 0 Å². The Morgan fingerprint density at radius 2 is 1.83 bits per heavy atom. The van der Waals surface area contributed by atoms with Crippen molar-refractivity contribution < 1.29 is 4.79 Å². The predicted octanol–water partition coefficient (Wildman–Crippen LogP) is 4.10. The maximum absolute atomic E-state index is 11.7. The van der Waals surface area contributed by atoms with Crippen molar-refractivity contribution in [3.05, 3.63) is 42.1 Å². The van der Waals surface area contributed by atoms with Crippen LogP contribution in [0.4, 0.5) is 10.5 Å². The lowest BCUT2D eigenvalue weighted by atomic mass is 10.0. The van der Waals surface area contributed by atoms with Gasteiger partial charge in [-0.25, -0.2) is 4.79 Å². The van der Waals surface area contributed by atoms with Crippen LogP contribution in [-0.2, 0) is 0 Å². The van der Waals surface area contributed by atoms with Gasteiger partial charge >= 0.3 is 6.03 Å². The number of para-hydroxylation sites is 1. The molecule has 2 N–H and O–H groups in total. The van der Waals surface area contributed by atoms with Crippen molar-refractivity contribution in [1.29, 1.82) is 0 Å². The van der Waals surface area contributed by atoms with Crippen molar-refractivity contribution in [2.75, 3.05) is 5.32 Å². The molecule has 0 aliphatic carbocycles. The van der Waals surface area contributed by atoms with Crippen LogP contribution >= 0.6 is 0 Å². The molecule has 0 aliphatic heterocycles. The summed E-state index contributed by atoms with van der Waals surface area (Å²) < 4.78 is 0. The van der Waals surface area contributed by atoms with Crippen LogP contribution in [0.1, 0.15) is 39.2 Å². The standard InChI is InChI=1S/C15H22N2O/c1-11(2)9-10-16-15(18)17-14-8-6-5-7-13(14)12(3)4/h5-12H,1-4H3,(H2,16,17,18)/b10-9+. The smallest absolute Gasteiger partial charge is 0.315 e. The Labute approximate surface area is 109 Å². The van der Waals surface area contributed by atoms with Crippen molar-refractivity contribution in [3.63, 3.8) is 0 Å². The number of rotatable bonds is 4. The molecule has 1 aromatic carbocycles. The van der Waals surface area contributed by atoms with E-state index in [9.17, 15) is 4.79 Å². The summed E-state index contributed by atoms with van der Waals surface area (Å²) in [4.78, 5) is 11.7. The molecule has 0 aliphatic rings. The average Bonchev–Trinajstić information content (AvgIpc) is 2.28. The SMILES string of the molecule is CC(C)/C=C/NC(=O)Nc1ccccc1C(C)C. The maximum Gasteiger partial charge on any atom is 0.323 e. The van der Waals surface area contributed by atoms with Gasteiger partial charge in [0.25, 0.3) is 0 Å². The van der Waals surface area contributed by atoms with Crippen LogP contribution in [0.15, 0.2) is 36.5 Å². The Morgan fingerprint density at radius 1 is 1.17 bits per heavy atom. The van der Waals surface area contributed by atoms with Crippen LogP contribution in [0.5, 0.6) is 0 Å². The van der Waals surface area contributed by atoms with Gasteiger partial charge in [0.05, 0.1) is 0 Å². The Bertz CT molecular complexity index is 422. The number of nitrogens with one attached hydrogen (secondary N) is 2. The Kier molecular flexibility index (Phi) is 5.43. The van der Waals surface area contributed by atoms with E-state index in [1.807, 2.05) is 30.3 Å². The third-order valence-electron chi connectivity index (χ3n) is 2.53. The lowest BCUT2D eigenvalue weighted by Gasteiger charge is -2.13. The molecule has 3 nitrogen and oxygen atoms in total. The summed E-state index contributed by atoms with van der Waals surface area (Å²) in [5.74, 6) is 0.806. The summed E-state index contributed by atoms with van der Waals surface area (Å²) >= 11 is 0. The first kappa shape index (κ1) is 14.3. The second kappa shape index (κ2) is 6.84. The summed E-state index contributed by atoms with van der Waals surface area (Å²) in [5, 5.41) is 5.56. The second-order valence-electron chi connectivity index (χ2n) is 4.94. The quantitative estimate of drug-likeness (QED) is 0.825. The highest BCUT2D eigenvalue weighted by Crippen LogP contribution is 2.23. The minimum atomic E-state index is -0.208. The van der Waals surface area contributed by atoms with Crippen LogP contribution in [0.3, 0.4) is 0 Å². The first-order valence-corrected chi connectivity index (χ1v) is 6.33. The van der Waals surface area contributed by atoms with Gasteiger partial charge in [-0.05, 0) is 23.5 Å². The number of hydrogen-bond acceptors (Lipinski definition) is 1. The first-order valence-electron chi connectivity index (χ1n) is 6.33. The summed E-state index contributed by atoms with van der Waals surface area (Å²) in [7, 11) is 0. The monoisotopic (exact) mass is 246 g/mol. The third kappa shape index (κ3) is 4.62. The average molecular weight is 246 g/mol. The van der Waals surface area contributed by atoms with E-state index in [0.717, 1.165) is 11.3 Å². The molecule has 1 aromatic rings. The number of amides is 2. The fourth-order valence-electron chi connectivity index (χ4n) is 1.59. The third-order valence-corrected chi connectivity index (χ3v) is 2.53. The fourth-order valence-corrected chi connectivity index (χ4v) is 1.59.